The molecule has 13 heteroatoms. The molecule has 4 aromatic rings. The fourth-order valence-electron chi connectivity index (χ4n) is 2.79. The first-order chi connectivity index (χ1) is 16.0. The molecule has 0 aliphatic heterocycles. The van der Waals surface area contributed by atoms with E-state index in [4.69, 9.17) is 16.2 Å². The predicted octanol–water partition coefficient (Wildman–Crippen LogP) is 0.527. The number of hydrogen-bond donors (Lipinski definition) is 3. The number of nitrogens with zero attached hydrogens (tertiary/aromatic N) is 6. The zero-order chi connectivity index (χ0) is 23.2. The van der Waals surface area contributed by atoms with Crippen molar-refractivity contribution in [3.05, 3.63) is 65.9 Å². The van der Waals surface area contributed by atoms with Crippen molar-refractivity contribution in [1.82, 2.24) is 30.7 Å². The lowest BCUT2D eigenvalue weighted by Gasteiger charge is -2.05. The highest BCUT2D eigenvalue weighted by molar-refractivity contribution is 5.99. The minimum atomic E-state index is -0.612. The van der Waals surface area contributed by atoms with Gasteiger partial charge in [0.1, 0.15) is 11.4 Å². The van der Waals surface area contributed by atoms with E-state index >= 15 is 0 Å². The SMILES string of the molecule is NC(=O)COc1ccc(/C=N/NC(=O)c2c(-c3ccccc3)nnn2-c2nonc2N)cc1. The second-order valence-corrected chi connectivity index (χ2v) is 6.56. The van der Waals surface area contributed by atoms with Crippen LogP contribution in [0.3, 0.4) is 0 Å². The molecule has 0 unspecified atom stereocenters. The normalized spacial score (nSPS) is 10.9. The van der Waals surface area contributed by atoms with Crippen molar-refractivity contribution in [2.45, 2.75) is 0 Å². The Kier molecular flexibility index (Phi) is 6.02. The van der Waals surface area contributed by atoms with Gasteiger partial charge in [0.15, 0.2) is 12.3 Å². The van der Waals surface area contributed by atoms with Crippen LogP contribution >= 0.6 is 0 Å². The van der Waals surface area contributed by atoms with Gasteiger partial charge in [-0.05, 0) is 40.1 Å². The van der Waals surface area contributed by atoms with E-state index in [2.05, 4.69) is 35.8 Å². The number of carbonyl (C=O) groups is 2. The van der Waals surface area contributed by atoms with Crippen molar-refractivity contribution in [1.29, 1.82) is 0 Å². The molecule has 0 spiro atoms. The molecule has 4 rings (SSSR count). The van der Waals surface area contributed by atoms with Crippen molar-refractivity contribution in [3.63, 3.8) is 0 Å². The van der Waals surface area contributed by atoms with E-state index in [1.807, 2.05) is 6.07 Å². The van der Waals surface area contributed by atoms with Gasteiger partial charge >= 0.3 is 0 Å². The Balaban J connectivity index is 1.55. The van der Waals surface area contributed by atoms with Crippen LogP contribution in [0.4, 0.5) is 5.82 Å². The number of benzene rings is 2. The van der Waals surface area contributed by atoms with Crippen LogP contribution in [0.25, 0.3) is 17.1 Å². The molecule has 166 valence electrons. The highest BCUT2D eigenvalue weighted by Crippen LogP contribution is 2.24. The van der Waals surface area contributed by atoms with Crippen LogP contribution < -0.4 is 21.6 Å². The fraction of sp³-hybridized carbons (Fsp3) is 0.0500. The number of nitrogens with one attached hydrogen (secondary N) is 1. The number of aromatic nitrogens is 5. The number of amides is 2. The summed E-state index contributed by atoms with van der Waals surface area (Å²) in [6.07, 6.45) is 1.43. The summed E-state index contributed by atoms with van der Waals surface area (Å²) in [5.74, 6) is -0.758. The minimum absolute atomic E-state index is 0.0189. The number of ether oxygens (including phenoxy) is 1. The first kappa shape index (κ1) is 21.2. The topological polar surface area (TPSA) is 189 Å². The second kappa shape index (κ2) is 9.38. The van der Waals surface area contributed by atoms with Gasteiger partial charge in [-0.3, -0.25) is 9.59 Å². The Morgan fingerprint density at radius 3 is 2.55 bits per heavy atom. The average molecular weight is 447 g/mol. The number of primary amides is 1. The summed E-state index contributed by atoms with van der Waals surface area (Å²) in [6, 6.07) is 15.7. The molecule has 0 aliphatic carbocycles. The molecule has 2 heterocycles. The maximum absolute atomic E-state index is 13.0. The first-order valence-corrected chi connectivity index (χ1v) is 9.47. The number of rotatable bonds is 8. The maximum atomic E-state index is 13.0. The predicted molar refractivity (Wildman–Crippen MR) is 115 cm³/mol. The van der Waals surface area contributed by atoms with Gasteiger partial charge in [-0.25, -0.2) is 10.1 Å². The summed E-state index contributed by atoms with van der Waals surface area (Å²) in [5.41, 5.74) is 14.9. The van der Waals surface area contributed by atoms with Crippen LogP contribution in [0, 0.1) is 0 Å². The number of carbonyl (C=O) groups excluding carboxylic acids is 2. The van der Waals surface area contributed by atoms with E-state index in [9.17, 15) is 9.59 Å². The molecule has 2 aromatic heterocycles. The molecule has 2 aromatic carbocycles. The highest BCUT2D eigenvalue weighted by atomic mass is 16.6. The molecule has 2 amide bonds. The van der Waals surface area contributed by atoms with E-state index in [0.29, 0.717) is 22.6 Å². The maximum Gasteiger partial charge on any atom is 0.292 e. The van der Waals surface area contributed by atoms with Gasteiger partial charge in [-0.15, -0.1) is 5.10 Å². The second-order valence-electron chi connectivity index (χ2n) is 6.56. The van der Waals surface area contributed by atoms with E-state index in [-0.39, 0.29) is 23.9 Å². The smallest absolute Gasteiger partial charge is 0.292 e. The summed E-state index contributed by atoms with van der Waals surface area (Å²) in [4.78, 5) is 23.8. The van der Waals surface area contributed by atoms with Crippen LogP contribution in [0.5, 0.6) is 5.75 Å². The van der Waals surface area contributed by atoms with Crippen LogP contribution in [0.1, 0.15) is 16.1 Å². The molecular formula is C20H17N9O4. The van der Waals surface area contributed by atoms with E-state index < -0.39 is 11.8 Å². The zero-order valence-corrected chi connectivity index (χ0v) is 17.0. The molecule has 0 bridgehead atoms. The monoisotopic (exact) mass is 447 g/mol. The van der Waals surface area contributed by atoms with E-state index in [0.717, 1.165) is 4.68 Å². The zero-order valence-electron chi connectivity index (χ0n) is 17.0. The average Bonchev–Trinajstić information content (AvgIpc) is 3.45. The van der Waals surface area contributed by atoms with Gasteiger partial charge in [0.2, 0.25) is 11.6 Å². The molecule has 0 atom stereocenters. The lowest BCUT2D eigenvalue weighted by atomic mass is 10.1. The lowest BCUT2D eigenvalue weighted by Crippen LogP contribution is -2.22. The highest BCUT2D eigenvalue weighted by Gasteiger charge is 2.25. The Morgan fingerprint density at radius 2 is 1.88 bits per heavy atom. The summed E-state index contributed by atoms with van der Waals surface area (Å²) in [7, 11) is 0. The number of hydrazone groups is 1. The summed E-state index contributed by atoms with van der Waals surface area (Å²) < 4.78 is 10.9. The number of hydrogen-bond acceptors (Lipinski definition) is 10. The number of nitrogen functional groups attached to an aromatic ring is 1. The largest absolute Gasteiger partial charge is 0.484 e. The Labute approximate surface area is 186 Å². The fourth-order valence-corrected chi connectivity index (χ4v) is 2.79. The third-order valence-electron chi connectivity index (χ3n) is 4.27. The molecule has 33 heavy (non-hydrogen) atoms. The third-order valence-corrected chi connectivity index (χ3v) is 4.27. The molecule has 13 nitrogen and oxygen atoms in total. The third kappa shape index (κ3) is 4.82. The van der Waals surface area contributed by atoms with Crippen molar-refractivity contribution in [2.75, 3.05) is 12.3 Å². The molecule has 0 aliphatic rings. The number of anilines is 1. The summed E-state index contributed by atoms with van der Waals surface area (Å²) >= 11 is 0. The van der Waals surface area contributed by atoms with Gasteiger partial charge < -0.3 is 16.2 Å². The van der Waals surface area contributed by atoms with Crippen molar-refractivity contribution in [3.8, 4) is 22.8 Å². The minimum Gasteiger partial charge on any atom is -0.484 e. The molecule has 0 saturated carbocycles. The van der Waals surface area contributed by atoms with Crippen LogP contribution in [-0.2, 0) is 4.79 Å². The molecule has 5 N–H and O–H groups in total. The van der Waals surface area contributed by atoms with Gasteiger partial charge in [0.25, 0.3) is 11.8 Å². The van der Waals surface area contributed by atoms with Crippen molar-refractivity contribution < 1.29 is 19.0 Å². The molecule has 0 radical (unpaired) electrons. The van der Waals surface area contributed by atoms with Gasteiger partial charge in [-0.1, -0.05) is 35.5 Å². The van der Waals surface area contributed by atoms with Crippen LogP contribution in [-0.4, -0.2) is 49.9 Å². The Hall–Kier alpha value is -5.07. The molecular weight excluding hydrogens is 430 g/mol. The standard InChI is InChI=1S/C20H17N9O4/c21-15(30)11-32-14-8-6-12(7-9-14)10-23-25-20(31)17-16(13-4-2-1-3-5-13)24-28-29(17)19-18(22)26-33-27-19/h1-10H,11H2,(H2,21,30)(H2,22,26)(H,25,31)/b23-10+. The van der Waals surface area contributed by atoms with Gasteiger partial charge in [0.05, 0.1) is 6.21 Å². The number of nitrogens with two attached hydrogens (primary N) is 2. The quantitative estimate of drug-likeness (QED) is 0.255. The van der Waals surface area contributed by atoms with Crippen LogP contribution in [0.15, 0.2) is 64.3 Å². The first-order valence-electron chi connectivity index (χ1n) is 9.47. The van der Waals surface area contributed by atoms with E-state index in [1.54, 1.807) is 48.5 Å². The Bertz CT molecular complexity index is 1300. The summed E-state index contributed by atoms with van der Waals surface area (Å²) in [5, 5.41) is 19.3. The summed E-state index contributed by atoms with van der Waals surface area (Å²) in [6.45, 7) is -0.222. The van der Waals surface area contributed by atoms with Gasteiger partial charge in [-0.2, -0.15) is 9.78 Å². The lowest BCUT2D eigenvalue weighted by molar-refractivity contribution is -0.119. The molecule has 0 saturated heterocycles. The van der Waals surface area contributed by atoms with Crippen molar-refractivity contribution >= 4 is 23.8 Å². The van der Waals surface area contributed by atoms with Crippen molar-refractivity contribution in [2.24, 2.45) is 10.8 Å². The van der Waals surface area contributed by atoms with E-state index in [1.165, 1.54) is 6.21 Å². The molecule has 0 fully saturated rings. The Morgan fingerprint density at radius 1 is 1.12 bits per heavy atom. The van der Waals surface area contributed by atoms with Gasteiger partial charge in [0, 0.05) is 5.56 Å². The van der Waals surface area contributed by atoms with Crippen LogP contribution in [0.2, 0.25) is 0 Å².